The maximum absolute atomic E-state index is 4.98. The molecule has 0 unspecified atom stereocenters. The number of rotatable bonds is 8. The fraction of sp³-hybridized carbons (Fsp3) is 0.429. The first kappa shape index (κ1) is 14.9. The van der Waals surface area contributed by atoms with E-state index >= 15 is 0 Å². The first-order chi connectivity index (χ1) is 9.79. The van der Waals surface area contributed by atoms with Gasteiger partial charge in [0.2, 0.25) is 5.95 Å². The number of anilines is 1. The van der Waals surface area contributed by atoms with Crippen LogP contribution in [0.25, 0.3) is 0 Å². The standard InChI is InChI=1S/C14H20N4OS/c1-18(10-12-3-6-20-11-12)14-16-8-13(9-17-14)7-15-4-5-19-2/h3,6,8-9,11,15H,4-5,7,10H2,1-2H3. The smallest absolute Gasteiger partial charge is 0.225 e. The van der Waals surface area contributed by atoms with Crippen molar-refractivity contribution in [2.45, 2.75) is 13.1 Å². The van der Waals surface area contributed by atoms with Crippen LogP contribution in [0.3, 0.4) is 0 Å². The SMILES string of the molecule is COCCNCc1cnc(N(C)Cc2ccsc2)nc1. The number of aromatic nitrogens is 2. The van der Waals surface area contributed by atoms with Crippen LogP contribution in [-0.4, -0.2) is 37.3 Å². The van der Waals surface area contributed by atoms with Crippen molar-refractivity contribution in [3.05, 3.63) is 40.3 Å². The molecule has 0 spiro atoms. The summed E-state index contributed by atoms with van der Waals surface area (Å²) in [4.78, 5) is 10.9. The van der Waals surface area contributed by atoms with E-state index in [1.165, 1.54) is 5.56 Å². The van der Waals surface area contributed by atoms with Crippen molar-refractivity contribution in [2.75, 3.05) is 32.2 Å². The largest absolute Gasteiger partial charge is 0.383 e. The van der Waals surface area contributed by atoms with Crippen molar-refractivity contribution in [3.8, 4) is 0 Å². The van der Waals surface area contributed by atoms with Gasteiger partial charge in [-0.2, -0.15) is 11.3 Å². The predicted octanol–water partition coefficient (Wildman–Crippen LogP) is 1.91. The zero-order valence-corrected chi connectivity index (χ0v) is 12.7. The Bertz CT molecular complexity index is 486. The summed E-state index contributed by atoms with van der Waals surface area (Å²) in [6.45, 7) is 3.13. The molecule has 2 aromatic rings. The van der Waals surface area contributed by atoms with Crippen LogP contribution in [0.15, 0.2) is 29.2 Å². The molecule has 0 aliphatic rings. The molecule has 2 aromatic heterocycles. The minimum absolute atomic E-state index is 0.711. The first-order valence-corrected chi connectivity index (χ1v) is 7.46. The number of ether oxygens (including phenoxy) is 1. The second kappa shape index (κ2) is 7.94. The molecule has 0 atom stereocenters. The van der Waals surface area contributed by atoms with Gasteiger partial charge in [0.1, 0.15) is 0 Å². The van der Waals surface area contributed by atoms with E-state index < -0.39 is 0 Å². The number of nitrogens with zero attached hydrogens (tertiary/aromatic N) is 3. The van der Waals surface area contributed by atoms with E-state index in [9.17, 15) is 0 Å². The third kappa shape index (κ3) is 4.56. The summed E-state index contributed by atoms with van der Waals surface area (Å²) in [5, 5.41) is 7.50. The second-order valence-corrected chi connectivity index (χ2v) is 5.33. The van der Waals surface area contributed by atoms with Gasteiger partial charge < -0.3 is 15.0 Å². The molecule has 20 heavy (non-hydrogen) atoms. The molecule has 1 N–H and O–H groups in total. The minimum atomic E-state index is 0.711. The zero-order valence-electron chi connectivity index (χ0n) is 11.9. The Labute approximate surface area is 123 Å². The average Bonchev–Trinajstić information content (AvgIpc) is 2.97. The number of methoxy groups -OCH3 is 1. The predicted molar refractivity (Wildman–Crippen MR) is 82.0 cm³/mol. The summed E-state index contributed by atoms with van der Waals surface area (Å²) < 4.78 is 4.98. The molecule has 2 heterocycles. The van der Waals surface area contributed by atoms with Gasteiger partial charge in [0.15, 0.2) is 0 Å². The maximum atomic E-state index is 4.98. The van der Waals surface area contributed by atoms with Crippen LogP contribution in [0, 0.1) is 0 Å². The van der Waals surface area contributed by atoms with Gasteiger partial charge >= 0.3 is 0 Å². The summed E-state index contributed by atoms with van der Waals surface area (Å²) in [5.41, 5.74) is 2.36. The van der Waals surface area contributed by atoms with E-state index in [1.807, 2.05) is 24.3 Å². The lowest BCUT2D eigenvalue weighted by molar-refractivity contribution is 0.199. The van der Waals surface area contributed by atoms with E-state index in [0.717, 1.165) is 31.1 Å². The normalized spacial score (nSPS) is 10.7. The highest BCUT2D eigenvalue weighted by Gasteiger charge is 2.05. The van der Waals surface area contributed by atoms with Crippen LogP contribution in [0.1, 0.15) is 11.1 Å². The topological polar surface area (TPSA) is 50.3 Å². The third-order valence-electron chi connectivity index (χ3n) is 2.85. The molecule has 0 aliphatic heterocycles. The Morgan fingerprint density at radius 2 is 2.10 bits per heavy atom. The average molecular weight is 292 g/mol. The molecule has 0 amide bonds. The first-order valence-electron chi connectivity index (χ1n) is 6.52. The van der Waals surface area contributed by atoms with Crippen molar-refractivity contribution in [1.82, 2.24) is 15.3 Å². The molecular weight excluding hydrogens is 272 g/mol. The maximum Gasteiger partial charge on any atom is 0.225 e. The quantitative estimate of drug-likeness (QED) is 0.753. The molecule has 0 fully saturated rings. The van der Waals surface area contributed by atoms with Crippen LogP contribution in [0.2, 0.25) is 0 Å². The van der Waals surface area contributed by atoms with Crippen molar-refractivity contribution < 1.29 is 4.74 Å². The Kier molecular flexibility index (Phi) is 5.91. The van der Waals surface area contributed by atoms with Crippen LogP contribution >= 0.6 is 11.3 Å². The minimum Gasteiger partial charge on any atom is -0.383 e. The van der Waals surface area contributed by atoms with Gasteiger partial charge in [-0.25, -0.2) is 9.97 Å². The highest BCUT2D eigenvalue weighted by molar-refractivity contribution is 7.07. The van der Waals surface area contributed by atoms with Gasteiger partial charge in [-0.3, -0.25) is 0 Å². The van der Waals surface area contributed by atoms with Crippen molar-refractivity contribution >= 4 is 17.3 Å². The lowest BCUT2D eigenvalue weighted by Crippen LogP contribution is -2.20. The number of hydrogen-bond acceptors (Lipinski definition) is 6. The van der Waals surface area contributed by atoms with Gasteiger partial charge in [0.25, 0.3) is 0 Å². The van der Waals surface area contributed by atoms with Gasteiger partial charge in [-0.15, -0.1) is 0 Å². The molecule has 0 radical (unpaired) electrons. The number of nitrogens with one attached hydrogen (secondary N) is 1. The van der Waals surface area contributed by atoms with Gasteiger partial charge in [-0.1, -0.05) is 0 Å². The Morgan fingerprint density at radius 1 is 1.30 bits per heavy atom. The summed E-state index contributed by atoms with van der Waals surface area (Å²) in [6, 6.07) is 2.12. The van der Waals surface area contributed by atoms with Crippen LogP contribution in [-0.2, 0) is 17.8 Å². The lowest BCUT2D eigenvalue weighted by atomic mass is 10.3. The van der Waals surface area contributed by atoms with E-state index in [-0.39, 0.29) is 0 Å². The number of hydrogen-bond donors (Lipinski definition) is 1. The van der Waals surface area contributed by atoms with Gasteiger partial charge in [-0.05, 0) is 22.4 Å². The van der Waals surface area contributed by atoms with E-state index in [2.05, 4.69) is 32.1 Å². The molecule has 0 saturated carbocycles. The Hall–Kier alpha value is -1.50. The second-order valence-electron chi connectivity index (χ2n) is 4.55. The monoisotopic (exact) mass is 292 g/mol. The zero-order chi connectivity index (χ0) is 14.2. The van der Waals surface area contributed by atoms with Crippen molar-refractivity contribution in [3.63, 3.8) is 0 Å². The van der Waals surface area contributed by atoms with Gasteiger partial charge in [0.05, 0.1) is 6.61 Å². The van der Waals surface area contributed by atoms with E-state index in [1.54, 1.807) is 18.4 Å². The summed E-state index contributed by atoms with van der Waals surface area (Å²) in [7, 11) is 3.70. The molecule has 0 saturated heterocycles. The van der Waals surface area contributed by atoms with E-state index in [0.29, 0.717) is 6.61 Å². The summed E-state index contributed by atoms with van der Waals surface area (Å²) in [6.07, 6.45) is 3.73. The summed E-state index contributed by atoms with van der Waals surface area (Å²) >= 11 is 1.71. The highest BCUT2D eigenvalue weighted by atomic mass is 32.1. The van der Waals surface area contributed by atoms with Crippen LogP contribution in [0.4, 0.5) is 5.95 Å². The molecule has 0 aliphatic carbocycles. The highest BCUT2D eigenvalue weighted by Crippen LogP contribution is 2.12. The molecule has 5 nitrogen and oxygen atoms in total. The fourth-order valence-electron chi connectivity index (χ4n) is 1.77. The van der Waals surface area contributed by atoms with Crippen molar-refractivity contribution in [2.24, 2.45) is 0 Å². The Morgan fingerprint density at radius 3 is 2.75 bits per heavy atom. The van der Waals surface area contributed by atoms with E-state index in [4.69, 9.17) is 4.74 Å². The molecule has 2 rings (SSSR count). The van der Waals surface area contributed by atoms with Crippen LogP contribution < -0.4 is 10.2 Å². The lowest BCUT2D eigenvalue weighted by Gasteiger charge is -2.16. The van der Waals surface area contributed by atoms with Crippen LogP contribution in [0.5, 0.6) is 0 Å². The van der Waals surface area contributed by atoms with Crippen molar-refractivity contribution in [1.29, 1.82) is 0 Å². The summed E-state index contributed by atoms with van der Waals surface area (Å²) in [5.74, 6) is 0.747. The fourth-order valence-corrected chi connectivity index (χ4v) is 2.43. The molecule has 108 valence electrons. The molecule has 6 heteroatoms. The third-order valence-corrected chi connectivity index (χ3v) is 3.58. The Balaban J connectivity index is 1.84. The molecular formula is C14H20N4OS. The van der Waals surface area contributed by atoms with Gasteiger partial charge in [0, 0.05) is 51.7 Å². The molecule has 0 bridgehead atoms. The number of thiophene rings is 1. The molecule has 0 aromatic carbocycles.